The molecule has 5 heteroatoms. The summed E-state index contributed by atoms with van der Waals surface area (Å²) in [5.41, 5.74) is -0.156. The van der Waals surface area contributed by atoms with Gasteiger partial charge in [-0.3, -0.25) is 4.79 Å². The smallest absolute Gasteiger partial charge is 0.359 e. The van der Waals surface area contributed by atoms with Crippen LogP contribution in [0.4, 0.5) is 0 Å². The lowest BCUT2D eigenvalue weighted by atomic mass is 10.1. The fourth-order valence-electron chi connectivity index (χ4n) is 1.65. The van der Waals surface area contributed by atoms with Crippen molar-refractivity contribution in [3.63, 3.8) is 0 Å². The number of hydrogen-bond donors (Lipinski definition) is 1. The largest absolute Gasteiger partial charge is 0.461 e. The van der Waals surface area contributed by atoms with Crippen molar-refractivity contribution in [3.8, 4) is 0 Å². The Balaban J connectivity index is 2.36. The second-order valence-corrected chi connectivity index (χ2v) is 3.94. The lowest BCUT2D eigenvalue weighted by molar-refractivity contribution is 0.0494. The van der Waals surface area contributed by atoms with Crippen LogP contribution in [0.15, 0.2) is 29.1 Å². The molecule has 18 heavy (non-hydrogen) atoms. The van der Waals surface area contributed by atoms with Crippen LogP contribution in [-0.4, -0.2) is 22.8 Å². The number of aromatic amines is 1. The zero-order valence-corrected chi connectivity index (χ0v) is 10.1. The minimum absolute atomic E-state index is 0.154. The SMILES string of the molecule is CCCCOC(=O)c1n[nH]c(=O)c2ccccc12. The van der Waals surface area contributed by atoms with Crippen molar-refractivity contribution in [2.24, 2.45) is 0 Å². The highest BCUT2D eigenvalue weighted by atomic mass is 16.5. The van der Waals surface area contributed by atoms with Crippen LogP contribution >= 0.6 is 0 Å². The second-order valence-electron chi connectivity index (χ2n) is 3.94. The molecule has 2 aromatic rings. The number of H-pyrrole nitrogens is 1. The third kappa shape index (κ3) is 2.40. The van der Waals surface area contributed by atoms with Crippen LogP contribution in [0.3, 0.4) is 0 Å². The molecule has 1 aromatic carbocycles. The Hall–Kier alpha value is -2.17. The lowest BCUT2D eigenvalue weighted by Gasteiger charge is -2.05. The molecule has 1 heterocycles. The zero-order chi connectivity index (χ0) is 13.0. The summed E-state index contributed by atoms with van der Waals surface area (Å²) in [5, 5.41) is 7.04. The number of carbonyl (C=O) groups is 1. The van der Waals surface area contributed by atoms with E-state index < -0.39 is 5.97 Å². The molecular formula is C13H14N2O3. The maximum Gasteiger partial charge on any atom is 0.359 e. The molecule has 0 unspecified atom stereocenters. The van der Waals surface area contributed by atoms with E-state index in [0.717, 1.165) is 12.8 Å². The monoisotopic (exact) mass is 246 g/mol. The number of nitrogens with one attached hydrogen (secondary N) is 1. The Morgan fingerprint density at radius 1 is 1.33 bits per heavy atom. The predicted octanol–water partition coefficient (Wildman–Crippen LogP) is 1.88. The van der Waals surface area contributed by atoms with Crippen molar-refractivity contribution >= 4 is 16.7 Å². The number of unbranched alkanes of at least 4 members (excludes halogenated alkanes) is 1. The third-order valence-corrected chi connectivity index (χ3v) is 2.62. The van der Waals surface area contributed by atoms with Crippen LogP contribution in [0.5, 0.6) is 0 Å². The fraction of sp³-hybridized carbons (Fsp3) is 0.308. The van der Waals surface area contributed by atoms with Crippen LogP contribution in [0.2, 0.25) is 0 Å². The Kier molecular flexibility index (Phi) is 3.72. The van der Waals surface area contributed by atoms with E-state index in [1.807, 2.05) is 6.92 Å². The van der Waals surface area contributed by atoms with Crippen molar-refractivity contribution in [2.75, 3.05) is 6.61 Å². The number of benzene rings is 1. The number of esters is 1. The van der Waals surface area contributed by atoms with Crippen molar-refractivity contribution in [1.29, 1.82) is 0 Å². The number of ether oxygens (including phenoxy) is 1. The van der Waals surface area contributed by atoms with E-state index in [9.17, 15) is 9.59 Å². The van der Waals surface area contributed by atoms with Crippen molar-refractivity contribution in [2.45, 2.75) is 19.8 Å². The number of fused-ring (bicyclic) bond motifs is 1. The summed E-state index contributed by atoms with van der Waals surface area (Å²) in [6.45, 7) is 2.38. The summed E-state index contributed by atoms with van der Waals surface area (Å²) in [4.78, 5) is 23.4. The van der Waals surface area contributed by atoms with Gasteiger partial charge in [-0.25, -0.2) is 9.89 Å². The fourth-order valence-corrected chi connectivity index (χ4v) is 1.65. The molecule has 0 aliphatic heterocycles. The molecule has 0 amide bonds. The number of rotatable bonds is 4. The van der Waals surface area contributed by atoms with Crippen LogP contribution in [0.1, 0.15) is 30.3 Å². The van der Waals surface area contributed by atoms with Gasteiger partial charge in [0.05, 0.1) is 12.0 Å². The number of carbonyl (C=O) groups excluding carboxylic acids is 1. The van der Waals surface area contributed by atoms with Crippen molar-refractivity contribution < 1.29 is 9.53 Å². The molecule has 0 bridgehead atoms. The van der Waals surface area contributed by atoms with E-state index in [0.29, 0.717) is 17.4 Å². The topological polar surface area (TPSA) is 72.0 Å². The highest BCUT2D eigenvalue weighted by Gasteiger charge is 2.14. The van der Waals surface area contributed by atoms with E-state index in [1.54, 1.807) is 24.3 Å². The van der Waals surface area contributed by atoms with E-state index in [1.165, 1.54) is 0 Å². The minimum Gasteiger partial charge on any atom is -0.461 e. The van der Waals surface area contributed by atoms with Gasteiger partial charge in [0.25, 0.3) is 5.56 Å². The van der Waals surface area contributed by atoms with Crippen molar-refractivity contribution in [1.82, 2.24) is 10.2 Å². The van der Waals surface area contributed by atoms with Gasteiger partial charge in [-0.15, -0.1) is 0 Å². The maximum atomic E-state index is 11.8. The third-order valence-electron chi connectivity index (χ3n) is 2.62. The highest BCUT2D eigenvalue weighted by Crippen LogP contribution is 2.13. The van der Waals surface area contributed by atoms with E-state index in [2.05, 4.69) is 10.2 Å². The first kappa shape index (κ1) is 12.3. The van der Waals surface area contributed by atoms with Gasteiger partial charge in [0, 0.05) is 5.39 Å². The second kappa shape index (κ2) is 5.44. The zero-order valence-electron chi connectivity index (χ0n) is 10.1. The van der Waals surface area contributed by atoms with E-state index >= 15 is 0 Å². The normalized spacial score (nSPS) is 10.5. The van der Waals surface area contributed by atoms with Gasteiger partial charge in [-0.1, -0.05) is 31.5 Å². The summed E-state index contributed by atoms with van der Waals surface area (Å²) < 4.78 is 5.09. The van der Waals surface area contributed by atoms with Gasteiger partial charge < -0.3 is 4.74 Å². The number of aromatic nitrogens is 2. The van der Waals surface area contributed by atoms with Crippen LogP contribution in [0, 0.1) is 0 Å². The molecule has 0 fully saturated rings. The summed E-state index contributed by atoms with van der Waals surface area (Å²) in [6.07, 6.45) is 1.76. The molecule has 0 atom stereocenters. The molecule has 0 aliphatic carbocycles. The molecule has 5 nitrogen and oxygen atoms in total. The standard InChI is InChI=1S/C13H14N2O3/c1-2-3-8-18-13(17)11-9-6-4-5-7-10(9)12(16)15-14-11/h4-7H,2-3,8H2,1H3,(H,15,16). The van der Waals surface area contributed by atoms with Gasteiger partial charge in [0.15, 0.2) is 5.69 Å². The molecule has 1 N–H and O–H groups in total. The molecular weight excluding hydrogens is 232 g/mol. The van der Waals surface area contributed by atoms with Crippen LogP contribution in [-0.2, 0) is 4.74 Å². The summed E-state index contributed by atoms with van der Waals surface area (Å²) in [7, 11) is 0. The molecule has 0 spiro atoms. The van der Waals surface area contributed by atoms with E-state index in [-0.39, 0.29) is 11.3 Å². The lowest BCUT2D eigenvalue weighted by Crippen LogP contribution is -2.16. The van der Waals surface area contributed by atoms with Gasteiger partial charge in [-0.2, -0.15) is 5.10 Å². The molecule has 0 saturated carbocycles. The predicted molar refractivity (Wildman–Crippen MR) is 67.6 cm³/mol. The average molecular weight is 246 g/mol. The van der Waals surface area contributed by atoms with Gasteiger partial charge in [0.1, 0.15) is 0 Å². The minimum atomic E-state index is -0.504. The van der Waals surface area contributed by atoms with Gasteiger partial charge in [-0.05, 0) is 12.5 Å². The molecule has 0 aliphatic rings. The molecule has 1 aromatic heterocycles. The first-order valence-corrected chi connectivity index (χ1v) is 5.88. The Morgan fingerprint density at radius 2 is 2.06 bits per heavy atom. The Labute approximate surface area is 104 Å². The quantitative estimate of drug-likeness (QED) is 0.660. The summed E-state index contributed by atoms with van der Waals surface area (Å²) in [5.74, 6) is -0.504. The van der Waals surface area contributed by atoms with E-state index in [4.69, 9.17) is 4.74 Å². The van der Waals surface area contributed by atoms with Crippen LogP contribution in [0.25, 0.3) is 10.8 Å². The molecule has 2 rings (SSSR count). The molecule has 0 saturated heterocycles. The Bertz CT molecular complexity index is 619. The van der Waals surface area contributed by atoms with Gasteiger partial charge >= 0.3 is 5.97 Å². The molecule has 0 radical (unpaired) electrons. The number of nitrogens with zero attached hydrogens (tertiary/aromatic N) is 1. The first-order chi connectivity index (χ1) is 8.74. The average Bonchev–Trinajstić information content (AvgIpc) is 2.39. The van der Waals surface area contributed by atoms with Gasteiger partial charge in [0.2, 0.25) is 0 Å². The summed E-state index contributed by atoms with van der Waals surface area (Å²) in [6, 6.07) is 6.84. The molecule has 94 valence electrons. The van der Waals surface area contributed by atoms with Crippen LogP contribution < -0.4 is 5.56 Å². The number of hydrogen-bond acceptors (Lipinski definition) is 4. The first-order valence-electron chi connectivity index (χ1n) is 5.88. The Morgan fingerprint density at radius 3 is 2.78 bits per heavy atom. The summed E-state index contributed by atoms with van der Waals surface area (Å²) >= 11 is 0. The highest BCUT2D eigenvalue weighted by molar-refractivity contribution is 6.01. The maximum absolute atomic E-state index is 11.8. The van der Waals surface area contributed by atoms with Crippen molar-refractivity contribution in [3.05, 3.63) is 40.3 Å².